The molecular weight excluding hydrogens is 346 g/mol. The Kier molecular flexibility index (Phi) is 6.36. The van der Waals surface area contributed by atoms with Crippen LogP contribution in [0.4, 0.5) is 0 Å². The lowest BCUT2D eigenvalue weighted by molar-refractivity contribution is -0.131. The van der Waals surface area contributed by atoms with Crippen LogP contribution in [-0.4, -0.2) is 49.7 Å². The van der Waals surface area contributed by atoms with Crippen molar-refractivity contribution in [3.05, 3.63) is 53.3 Å². The Morgan fingerprint density at radius 3 is 2.67 bits per heavy atom. The van der Waals surface area contributed by atoms with Gasteiger partial charge in [-0.25, -0.2) is 0 Å². The summed E-state index contributed by atoms with van der Waals surface area (Å²) in [5, 5.41) is 23.1. The van der Waals surface area contributed by atoms with E-state index in [1.165, 1.54) is 0 Å². The molecule has 1 atom stereocenters. The molecule has 1 aliphatic heterocycles. The molecule has 1 aromatic carbocycles. The molecule has 1 amide bonds. The summed E-state index contributed by atoms with van der Waals surface area (Å²) in [6, 6.07) is 10.9. The Morgan fingerprint density at radius 2 is 1.93 bits per heavy atom. The molecule has 0 aliphatic carbocycles. The molecule has 2 aromatic rings. The van der Waals surface area contributed by atoms with Gasteiger partial charge >= 0.3 is 0 Å². The predicted molar refractivity (Wildman–Crippen MR) is 98.9 cm³/mol. The highest BCUT2D eigenvalue weighted by atomic mass is 16.3. The molecule has 3 rings (SSSR count). The fourth-order valence-electron chi connectivity index (χ4n) is 3.28. The quantitative estimate of drug-likeness (QED) is 0.722. The average molecular weight is 371 g/mol. The zero-order valence-corrected chi connectivity index (χ0v) is 15.3. The van der Waals surface area contributed by atoms with Crippen molar-refractivity contribution >= 4 is 11.7 Å². The molecule has 0 saturated heterocycles. The topological polar surface area (TPSA) is 95.7 Å². The highest BCUT2D eigenvalue weighted by molar-refractivity contribution is 5.96. The van der Waals surface area contributed by atoms with Crippen molar-refractivity contribution in [3.8, 4) is 0 Å². The van der Waals surface area contributed by atoms with E-state index < -0.39 is 6.10 Å². The van der Waals surface area contributed by atoms with Gasteiger partial charge < -0.3 is 15.1 Å². The van der Waals surface area contributed by atoms with Gasteiger partial charge in [0.1, 0.15) is 6.10 Å². The molecule has 7 heteroatoms. The van der Waals surface area contributed by atoms with E-state index >= 15 is 0 Å². The third-order valence-corrected chi connectivity index (χ3v) is 4.79. The Morgan fingerprint density at radius 1 is 1.15 bits per heavy atom. The van der Waals surface area contributed by atoms with E-state index in [9.17, 15) is 14.7 Å². The number of aryl methyl sites for hydroxylation is 1. The van der Waals surface area contributed by atoms with Crippen LogP contribution >= 0.6 is 0 Å². The van der Waals surface area contributed by atoms with Crippen LogP contribution in [0.2, 0.25) is 0 Å². The van der Waals surface area contributed by atoms with Crippen LogP contribution in [0.1, 0.15) is 53.5 Å². The summed E-state index contributed by atoms with van der Waals surface area (Å²) in [4.78, 5) is 26.5. The minimum absolute atomic E-state index is 0.0229. The van der Waals surface area contributed by atoms with Crippen molar-refractivity contribution < 1.29 is 19.8 Å². The van der Waals surface area contributed by atoms with Crippen molar-refractivity contribution in [3.63, 3.8) is 0 Å². The Hall–Kier alpha value is -2.51. The van der Waals surface area contributed by atoms with Crippen molar-refractivity contribution in [1.82, 2.24) is 14.7 Å². The van der Waals surface area contributed by atoms with Gasteiger partial charge in [-0.2, -0.15) is 5.10 Å². The van der Waals surface area contributed by atoms with E-state index in [2.05, 4.69) is 5.10 Å². The van der Waals surface area contributed by atoms with Crippen LogP contribution in [0.25, 0.3) is 0 Å². The number of Topliss-reactive ketones (excluding diaryl/α,β-unsaturated/α-hetero) is 1. The van der Waals surface area contributed by atoms with Crippen molar-refractivity contribution in [2.24, 2.45) is 0 Å². The highest BCUT2D eigenvalue weighted by Crippen LogP contribution is 2.19. The van der Waals surface area contributed by atoms with Crippen LogP contribution in [0, 0.1) is 0 Å². The number of fused-ring (bicyclic) bond motifs is 1. The first-order chi connectivity index (χ1) is 13.1. The van der Waals surface area contributed by atoms with Gasteiger partial charge in [0.15, 0.2) is 5.78 Å². The van der Waals surface area contributed by atoms with E-state index in [4.69, 9.17) is 5.11 Å². The summed E-state index contributed by atoms with van der Waals surface area (Å²) in [5.41, 5.74) is 1.96. The second-order valence-corrected chi connectivity index (χ2v) is 6.79. The summed E-state index contributed by atoms with van der Waals surface area (Å²) in [6.45, 7) is 1.36. The van der Waals surface area contributed by atoms with E-state index in [0.29, 0.717) is 50.2 Å². The first-order valence-corrected chi connectivity index (χ1v) is 9.30. The van der Waals surface area contributed by atoms with E-state index in [0.717, 1.165) is 12.1 Å². The average Bonchev–Trinajstić information content (AvgIpc) is 2.99. The maximum absolute atomic E-state index is 12.6. The molecule has 0 bridgehead atoms. The van der Waals surface area contributed by atoms with Gasteiger partial charge in [-0.15, -0.1) is 0 Å². The molecule has 0 radical (unpaired) electrons. The molecule has 27 heavy (non-hydrogen) atoms. The smallest absolute Gasteiger partial charge is 0.222 e. The van der Waals surface area contributed by atoms with E-state index in [-0.39, 0.29) is 18.3 Å². The number of hydrogen-bond acceptors (Lipinski definition) is 5. The lowest BCUT2D eigenvalue weighted by Gasteiger charge is -2.20. The number of nitrogens with zero attached hydrogens (tertiary/aromatic N) is 3. The van der Waals surface area contributed by atoms with Crippen LogP contribution in [0.5, 0.6) is 0 Å². The molecule has 0 saturated carbocycles. The van der Waals surface area contributed by atoms with Crippen molar-refractivity contribution in [1.29, 1.82) is 0 Å². The minimum Gasteiger partial charge on any atom is -0.393 e. The first-order valence-electron chi connectivity index (χ1n) is 9.30. The molecule has 1 aliphatic rings. The molecule has 144 valence electrons. The highest BCUT2D eigenvalue weighted by Gasteiger charge is 2.22. The van der Waals surface area contributed by atoms with Gasteiger partial charge in [0.05, 0.1) is 24.5 Å². The SMILES string of the molecule is O=C(CCCC(=O)N1CCCn2nc([C@H](O)CO)cc2C1)c1ccccc1. The van der Waals surface area contributed by atoms with Crippen LogP contribution in [0.3, 0.4) is 0 Å². The van der Waals surface area contributed by atoms with Gasteiger partial charge in [0.2, 0.25) is 5.91 Å². The number of ketones is 1. The molecule has 7 nitrogen and oxygen atoms in total. The number of aliphatic hydroxyl groups excluding tert-OH is 2. The molecule has 0 spiro atoms. The summed E-state index contributed by atoms with van der Waals surface area (Å²) in [7, 11) is 0. The largest absolute Gasteiger partial charge is 0.393 e. The molecular formula is C20H25N3O4. The normalized spacial score (nSPS) is 15.1. The van der Waals surface area contributed by atoms with Gasteiger partial charge in [-0.05, 0) is 18.9 Å². The predicted octanol–water partition coefficient (Wildman–Crippen LogP) is 1.69. The van der Waals surface area contributed by atoms with E-state index in [1.54, 1.807) is 27.8 Å². The van der Waals surface area contributed by atoms with Gasteiger partial charge in [-0.3, -0.25) is 14.3 Å². The number of hydrogen-bond donors (Lipinski definition) is 2. The minimum atomic E-state index is -1.00. The number of carbonyl (C=O) groups is 2. The van der Waals surface area contributed by atoms with Crippen molar-refractivity contribution in [2.75, 3.05) is 13.2 Å². The Balaban J connectivity index is 1.54. The maximum atomic E-state index is 12.6. The number of benzene rings is 1. The lowest BCUT2D eigenvalue weighted by Crippen LogP contribution is -2.30. The number of aliphatic hydroxyl groups is 2. The van der Waals surface area contributed by atoms with Crippen molar-refractivity contribution in [2.45, 2.75) is 44.9 Å². The third kappa shape index (κ3) is 4.81. The third-order valence-electron chi connectivity index (χ3n) is 4.79. The zero-order valence-electron chi connectivity index (χ0n) is 15.3. The maximum Gasteiger partial charge on any atom is 0.222 e. The molecule has 0 fully saturated rings. The fraction of sp³-hybridized carbons (Fsp3) is 0.450. The molecule has 2 heterocycles. The number of aromatic nitrogens is 2. The van der Waals surface area contributed by atoms with Gasteiger partial charge in [-0.1, -0.05) is 30.3 Å². The molecule has 1 aromatic heterocycles. The number of rotatable bonds is 7. The van der Waals surface area contributed by atoms with Crippen LogP contribution < -0.4 is 0 Å². The second-order valence-electron chi connectivity index (χ2n) is 6.79. The molecule has 0 unspecified atom stereocenters. The summed E-state index contributed by atoms with van der Waals surface area (Å²) < 4.78 is 1.79. The summed E-state index contributed by atoms with van der Waals surface area (Å²) in [6.07, 6.45) is 0.986. The first kappa shape index (κ1) is 19.3. The summed E-state index contributed by atoms with van der Waals surface area (Å²) in [5.74, 6) is 0.0785. The van der Waals surface area contributed by atoms with Crippen LogP contribution in [-0.2, 0) is 17.9 Å². The van der Waals surface area contributed by atoms with Gasteiger partial charge in [0.25, 0.3) is 0 Å². The molecule has 2 N–H and O–H groups in total. The monoisotopic (exact) mass is 371 g/mol. The second kappa shape index (κ2) is 8.92. The number of carbonyl (C=O) groups excluding carboxylic acids is 2. The number of amides is 1. The summed E-state index contributed by atoms with van der Waals surface area (Å²) >= 11 is 0. The zero-order chi connectivity index (χ0) is 19.2. The van der Waals surface area contributed by atoms with Gasteiger partial charge in [0, 0.05) is 31.5 Å². The van der Waals surface area contributed by atoms with E-state index in [1.807, 2.05) is 18.2 Å². The standard InChI is InChI=1S/C20H25N3O4/c24-14-19(26)17-12-16-13-22(10-5-11-23(16)21-17)20(27)9-4-8-18(25)15-6-2-1-3-7-15/h1-3,6-7,12,19,24,26H,4-5,8-11,13-14H2/t19-/m1/s1. The Bertz CT molecular complexity index is 788. The Labute approximate surface area is 158 Å². The lowest BCUT2D eigenvalue weighted by atomic mass is 10.1. The fourth-order valence-corrected chi connectivity index (χ4v) is 3.28. The van der Waals surface area contributed by atoms with Crippen LogP contribution in [0.15, 0.2) is 36.4 Å².